The standard InChI is InChI=1S/C3H9Si.C2H.BrH.Zn/c1-4(2)3;1-2;;/h1-3H3;1H;1H;. The molecule has 0 aromatic heterocycles. The topological polar surface area (TPSA) is 0 Å². The minimum atomic E-state index is -0.706. The summed E-state index contributed by atoms with van der Waals surface area (Å²) in [6, 6.07) is 0. The fourth-order valence-corrected chi connectivity index (χ4v) is 4.77. The van der Waals surface area contributed by atoms with Crippen LogP contribution in [0, 0.1) is 10.9 Å². The van der Waals surface area contributed by atoms with Crippen LogP contribution in [0.3, 0.4) is 0 Å². The molecule has 0 aromatic rings. The van der Waals surface area contributed by atoms with Crippen molar-refractivity contribution in [2.45, 2.75) is 19.6 Å². The summed E-state index contributed by atoms with van der Waals surface area (Å²) in [6.07, 6.45) is 4.48. The van der Waals surface area contributed by atoms with Crippen LogP contribution >= 0.6 is 17.0 Å². The maximum absolute atomic E-state index is 5.18. The molecule has 0 atom stereocenters. The van der Waals surface area contributed by atoms with Crippen molar-refractivity contribution in [1.82, 2.24) is 0 Å². The van der Waals surface area contributed by atoms with Crippen molar-refractivity contribution in [2.24, 2.45) is 0 Å². The predicted molar refractivity (Wildman–Crippen MR) is 42.5 cm³/mol. The van der Waals surface area contributed by atoms with Gasteiger partial charge >= 0.3 is 53.3 Å². The van der Waals surface area contributed by atoms with Crippen molar-refractivity contribution in [3.05, 3.63) is 0 Å². The van der Waals surface area contributed by atoms with Crippen LogP contribution in [0.5, 0.6) is 0 Å². The maximum atomic E-state index is 5.18. The first-order valence-electron chi connectivity index (χ1n) is 2.50. The predicted octanol–water partition coefficient (Wildman–Crippen LogP) is 2.07. The van der Waals surface area contributed by atoms with E-state index in [2.05, 4.69) is 24.2 Å². The first-order chi connectivity index (χ1) is 3.06. The van der Waals surface area contributed by atoms with E-state index in [1.54, 1.807) is 0 Å². The van der Waals surface area contributed by atoms with Crippen molar-refractivity contribution >= 4 is 23.3 Å². The Morgan fingerprint density at radius 2 is 1.75 bits per heavy atom. The van der Waals surface area contributed by atoms with E-state index in [9.17, 15) is 0 Å². The zero-order valence-electron chi connectivity index (χ0n) is 5.69. The molecule has 8 heavy (non-hydrogen) atoms. The molecule has 0 saturated heterocycles. The normalized spacial score (nSPS) is 8.25. The van der Waals surface area contributed by atoms with Crippen molar-refractivity contribution in [3.63, 3.8) is 0 Å². The summed E-state index contributed by atoms with van der Waals surface area (Å²) in [5, 5.41) is 0. The molecule has 0 heterocycles. The molecule has 0 aliphatic heterocycles. The van der Waals surface area contributed by atoms with Crippen LogP contribution in [0.25, 0.3) is 0 Å². The molecule has 0 nitrogen and oxygen atoms in total. The van der Waals surface area contributed by atoms with Gasteiger partial charge in [-0.15, -0.1) is 17.0 Å². The van der Waals surface area contributed by atoms with E-state index >= 15 is 0 Å². The molecule has 44 valence electrons. The van der Waals surface area contributed by atoms with E-state index in [4.69, 9.17) is 6.42 Å². The molecule has 0 amide bonds. The van der Waals surface area contributed by atoms with Gasteiger partial charge in [0.05, 0.1) is 0 Å². The van der Waals surface area contributed by atoms with E-state index in [0.29, 0.717) is 0 Å². The van der Waals surface area contributed by atoms with E-state index in [-0.39, 0.29) is 17.0 Å². The Morgan fingerprint density at radius 3 is 1.75 bits per heavy atom. The number of hydrogen-bond donors (Lipinski definition) is 0. The summed E-state index contributed by atoms with van der Waals surface area (Å²) in [4.78, 5) is 0. The third-order valence-corrected chi connectivity index (χ3v) is 9.86. The molecule has 0 aliphatic rings. The van der Waals surface area contributed by atoms with Gasteiger partial charge in [0.1, 0.15) is 0 Å². The van der Waals surface area contributed by atoms with Gasteiger partial charge in [-0.2, -0.15) is 0 Å². The third-order valence-electron chi connectivity index (χ3n) is 0.632. The van der Waals surface area contributed by atoms with Crippen LogP contribution in [-0.4, -0.2) is 6.30 Å². The summed E-state index contributed by atoms with van der Waals surface area (Å²) in [5.74, 6) is 0. The van der Waals surface area contributed by atoms with Gasteiger partial charge < -0.3 is 0 Å². The van der Waals surface area contributed by atoms with E-state index in [0.717, 1.165) is 0 Å². The van der Waals surface area contributed by atoms with Crippen LogP contribution in [0.2, 0.25) is 19.6 Å². The second-order valence-corrected chi connectivity index (χ2v) is 24.9. The van der Waals surface area contributed by atoms with E-state index in [1.165, 1.54) is 0 Å². The van der Waals surface area contributed by atoms with Gasteiger partial charge in [0.25, 0.3) is 0 Å². The Morgan fingerprint density at radius 1 is 1.38 bits per heavy atom. The fourth-order valence-electron chi connectivity index (χ4n) is 0.306. The molecule has 0 spiro atoms. The van der Waals surface area contributed by atoms with Gasteiger partial charge in [0, 0.05) is 0 Å². The Balaban J connectivity index is 0. The average molecular weight is 245 g/mol. The van der Waals surface area contributed by atoms with Crippen LogP contribution in [0.4, 0.5) is 0 Å². The van der Waals surface area contributed by atoms with Crippen LogP contribution in [-0.2, 0) is 16.4 Å². The molecule has 0 rings (SSSR count). The SMILES string of the molecule is Br.C#[C][Zn][Si](C)(C)C. The molecular weight excluding hydrogens is 233 g/mol. The van der Waals surface area contributed by atoms with Crippen LogP contribution < -0.4 is 0 Å². The number of hydrogen-bond acceptors (Lipinski definition) is 0. The molecule has 0 saturated carbocycles. The van der Waals surface area contributed by atoms with Gasteiger partial charge in [0.2, 0.25) is 0 Å². The zero-order valence-corrected chi connectivity index (χ0v) is 11.4. The summed E-state index contributed by atoms with van der Waals surface area (Å²) in [6.45, 7) is 7.06. The van der Waals surface area contributed by atoms with Gasteiger partial charge in [-0.05, 0) is 0 Å². The second-order valence-electron chi connectivity index (χ2n) is 2.94. The third kappa shape index (κ3) is 9.99. The molecule has 0 fully saturated rings. The number of terminal acetylenes is 1. The number of halogens is 1. The van der Waals surface area contributed by atoms with Gasteiger partial charge in [-0.1, -0.05) is 0 Å². The van der Waals surface area contributed by atoms with Crippen molar-refractivity contribution in [1.29, 1.82) is 0 Å². The molecule has 0 N–H and O–H groups in total. The van der Waals surface area contributed by atoms with Gasteiger partial charge in [0.15, 0.2) is 0 Å². The Bertz CT molecular complexity index is 89.6. The number of rotatable bonds is 1. The monoisotopic (exact) mass is 242 g/mol. The summed E-state index contributed by atoms with van der Waals surface area (Å²) in [5.41, 5.74) is 0. The average Bonchev–Trinajstić information content (AvgIpc) is 1.30. The Labute approximate surface area is 70.1 Å². The first-order valence-corrected chi connectivity index (χ1v) is 12.1. The van der Waals surface area contributed by atoms with Crippen molar-refractivity contribution in [2.75, 3.05) is 0 Å². The Kier molecular flexibility index (Phi) is 6.89. The van der Waals surface area contributed by atoms with Crippen LogP contribution in [0.1, 0.15) is 0 Å². The van der Waals surface area contributed by atoms with Gasteiger partial charge in [-0.25, -0.2) is 0 Å². The first kappa shape index (κ1) is 11.6. The molecule has 0 bridgehead atoms. The quantitative estimate of drug-likeness (QED) is 0.489. The summed E-state index contributed by atoms with van der Waals surface area (Å²) < 4.78 is 2.86. The van der Waals surface area contributed by atoms with Gasteiger partial charge in [-0.3, -0.25) is 0 Å². The molecule has 0 aromatic carbocycles. The van der Waals surface area contributed by atoms with Crippen molar-refractivity contribution < 1.29 is 16.4 Å². The van der Waals surface area contributed by atoms with E-state index in [1.807, 2.05) is 0 Å². The molecular formula is C5H11BrSiZn. The molecule has 0 radical (unpaired) electrons. The fraction of sp³-hybridized carbons (Fsp3) is 0.600. The molecule has 3 heteroatoms. The molecule has 0 aliphatic carbocycles. The van der Waals surface area contributed by atoms with Crippen LogP contribution in [0.15, 0.2) is 0 Å². The second kappa shape index (κ2) is 4.73. The zero-order chi connectivity index (χ0) is 5.91. The minimum absolute atomic E-state index is 0. The summed E-state index contributed by atoms with van der Waals surface area (Å²) in [7, 11) is 0. The van der Waals surface area contributed by atoms with E-state index < -0.39 is 22.7 Å². The van der Waals surface area contributed by atoms with Crippen molar-refractivity contribution in [3.8, 4) is 10.9 Å². The Hall–Kier alpha value is 0.880. The summed E-state index contributed by atoms with van der Waals surface area (Å²) >= 11 is -0.451. The molecule has 0 unspecified atom stereocenters.